The van der Waals surface area contributed by atoms with E-state index < -0.39 is 12.5 Å². The lowest BCUT2D eigenvalue weighted by molar-refractivity contribution is 0.0659. The van der Waals surface area contributed by atoms with Crippen LogP contribution in [0.4, 0.5) is 14.6 Å². The summed E-state index contributed by atoms with van der Waals surface area (Å²) in [7, 11) is 3.08. The van der Waals surface area contributed by atoms with Crippen LogP contribution in [0.5, 0.6) is 11.5 Å². The summed E-state index contributed by atoms with van der Waals surface area (Å²) in [5.74, 6) is 1.63. The van der Waals surface area contributed by atoms with E-state index in [0.29, 0.717) is 28.6 Å². The largest absolute Gasteiger partial charge is 0.493 e. The molecule has 1 N–H and O–H groups in total. The second-order valence-electron chi connectivity index (χ2n) is 7.05. The van der Waals surface area contributed by atoms with E-state index in [9.17, 15) is 13.6 Å². The van der Waals surface area contributed by atoms with Gasteiger partial charge in [-0.15, -0.1) is 12.4 Å². The minimum absolute atomic E-state index is 0. The van der Waals surface area contributed by atoms with E-state index in [1.807, 2.05) is 6.07 Å². The third kappa shape index (κ3) is 4.34. The maximum absolute atomic E-state index is 13.9. The van der Waals surface area contributed by atoms with Gasteiger partial charge in [0, 0.05) is 17.2 Å². The summed E-state index contributed by atoms with van der Waals surface area (Å²) in [6.45, 7) is 0. The van der Waals surface area contributed by atoms with E-state index in [1.54, 1.807) is 49.6 Å². The molecule has 6 nitrogen and oxygen atoms in total. The smallest absolute Gasteiger partial charge is 0.260 e. The van der Waals surface area contributed by atoms with Crippen LogP contribution in [0, 0.1) is 0 Å². The van der Waals surface area contributed by atoms with Crippen LogP contribution in [0.1, 0.15) is 34.4 Å². The number of hydrogen-bond acceptors (Lipinski definition) is 5. The van der Waals surface area contributed by atoms with Crippen molar-refractivity contribution in [1.82, 2.24) is 9.78 Å². The van der Waals surface area contributed by atoms with Crippen molar-refractivity contribution in [3.05, 3.63) is 59.7 Å². The van der Waals surface area contributed by atoms with Gasteiger partial charge < -0.3 is 14.8 Å². The Labute approximate surface area is 184 Å². The summed E-state index contributed by atoms with van der Waals surface area (Å²) < 4.78 is 39.7. The Hall–Kier alpha value is -3.13. The van der Waals surface area contributed by atoms with Crippen molar-refractivity contribution in [1.29, 1.82) is 0 Å². The number of aromatic nitrogens is 2. The fourth-order valence-electron chi connectivity index (χ4n) is 3.71. The Balaban J connectivity index is 0.00000272. The number of anilines is 1. The first-order chi connectivity index (χ1) is 14.5. The van der Waals surface area contributed by atoms with Crippen molar-refractivity contribution in [2.45, 2.75) is 24.9 Å². The molecular weight excluding hydrogens is 428 g/mol. The SMILES string of the molecule is COc1ccc(C2CC(C(F)F)n3nc(-c4ccc(C=O)cc4)cc3N2)cc1OC.Cl. The van der Waals surface area contributed by atoms with Crippen LogP contribution in [0.3, 0.4) is 0 Å². The molecule has 0 radical (unpaired) electrons. The third-order valence-electron chi connectivity index (χ3n) is 5.29. The lowest BCUT2D eigenvalue weighted by Crippen LogP contribution is -2.30. The highest BCUT2D eigenvalue weighted by Gasteiger charge is 2.35. The quantitative estimate of drug-likeness (QED) is 0.526. The van der Waals surface area contributed by atoms with Gasteiger partial charge in [0.2, 0.25) is 0 Å². The average molecular weight is 450 g/mol. The highest BCUT2D eigenvalue weighted by atomic mass is 35.5. The minimum Gasteiger partial charge on any atom is -0.493 e. The number of halogens is 3. The first-order valence-corrected chi connectivity index (χ1v) is 9.45. The molecule has 2 atom stereocenters. The number of carbonyl (C=O) groups excluding carboxylic acids is 1. The van der Waals surface area contributed by atoms with Gasteiger partial charge in [-0.3, -0.25) is 4.79 Å². The molecule has 1 aromatic heterocycles. The first kappa shape index (κ1) is 22.6. The third-order valence-corrected chi connectivity index (χ3v) is 5.29. The number of benzene rings is 2. The molecule has 2 aromatic carbocycles. The van der Waals surface area contributed by atoms with Crippen molar-refractivity contribution in [3.8, 4) is 22.8 Å². The molecular formula is C22H22ClF2N3O3. The van der Waals surface area contributed by atoms with Gasteiger partial charge in [0.1, 0.15) is 18.1 Å². The highest BCUT2D eigenvalue weighted by molar-refractivity contribution is 5.85. The Morgan fingerprint density at radius 3 is 2.42 bits per heavy atom. The number of fused-ring (bicyclic) bond motifs is 1. The normalized spacial score (nSPS) is 17.3. The van der Waals surface area contributed by atoms with E-state index in [4.69, 9.17) is 9.47 Å². The molecule has 0 saturated carbocycles. The predicted octanol–water partition coefficient (Wildman–Crippen LogP) is 5.16. The van der Waals surface area contributed by atoms with Gasteiger partial charge >= 0.3 is 0 Å². The summed E-state index contributed by atoms with van der Waals surface area (Å²) in [5.41, 5.74) is 2.68. The van der Waals surface area contributed by atoms with Crippen LogP contribution in [-0.2, 0) is 0 Å². The zero-order valence-corrected chi connectivity index (χ0v) is 17.7. The molecule has 3 aromatic rings. The molecule has 0 spiro atoms. The molecule has 0 aliphatic carbocycles. The summed E-state index contributed by atoms with van der Waals surface area (Å²) in [5, 5.41) is 7.72. The van der Waals surface area contributed by atoms with Crippen LogP contribution in [-0.4, -0.2) is 36.7 Å². The van der Waals surface area contributed by atoms with E-state index in [1.165, 1.54) is 11.8 Å². The van der Waals surface area contributed by atoms with Gasteiger partial charge in [0.15, 0.2) is 11.5 Å². The monoisotopic (exact) mass is 449 g/mol. The number of aldehydes is 1. The number of alkyl halides is 2. The topological polar surface area (TPSA) is 65.4 Å². The molecule has 0 fully saturated rings. The maximum Gasteiger partial charge on any atom is 0.260 e. The predicted molar refractivity (Wildman–Crippen MR) is 116 cm³/mol. The van der Waals surface area contributed by atoms with Gasteiger partial charge in [-0.05, 0) is 24.1 Å². The molecule has 164 valence electrons. The van der Waals surface area contributed by atoms with Crippen molar-refractivity contribution in [3.63, 3.8) is 0 Å². The van der Waals surface area contributed by atoms with Gasteiger partial charge in [0.25, 0.3) is 6.43 Å². The first-order valence-electron chi connectivity index (χ1n) is 9.45. The highest BCUT2D eigenvalue weighted by Crippen LogP contribution is 2.41. The standard InChI is InChI=1S/C22H21F2N3O3.ClH/c1-29-19-8-7-15(9-20(19)30-2)16-10-18(22(23)24)27-21(25-16)11-17(26-27)14-5-3-13(12-28)4-6-14;/h3-9,11-12,16,18,22,25H,10H2,1-2H3;1H. The number of hydrogen-bond donors (Lipinski definition) is 1. The van der Waals surface area contributed by atoms with Crippen molar-refractivity contribution in [2.75, 3.05) is 19.5 Å². The fourth-order valence-corrected chi connectivity index (χ4v) is 3.71. The van der Waals surface area contributed by atoms with Gasteiger partial charge in [-0.25, -0.2) is 13.5 Å². The van der Waals surface area contributed by atoms with E-state index in [-0.39, 0.29) is 24.9 Å². The Morgan fingerprint density at radius 1 is 1.10 bits per heavy atom. The van der Waals surface area contributed by atoms with Crippen molar-refractivity contribution < 1.29 is 23.0 Å². The van der Waals surface area contributed by atoms with Crippen LogP contribution in [0.2, 0.25) is 0 Å². The maximum atomic E-state index is 13.9. The zero-order valence-electron chi connectivity index (χ0n) is 16.9. The molecule has 31 heavy (non-hydrogen) atoms. The molecule has 0 saturated heterocycles. The second-order valence-corrected chi connectivity index (χ2v) is 7.05. The van der Waals surface area contributed by atoms with Crippen LogP contribution in [0.15, 0.2) is 48.5 Å². The van der Waals surface area contributed by atoms with Crippen LogP contribution >= 0.6 is 12.4 Å². The minimum atomic E-state index is -2.57. The summed E-state index contributed by atoms with van der Waals surface area (Å²) in [6, 6.07) is 12.6. The Kier molecular flexibility index (Phi) is 6.80. The molecule has 1 aliphatic heterocycles. The second kappa shape index (κ2) is 9.34. The van der Waals surface area contributed by atoms with Gasteiger partial charge in [-0.2, -0.15) is 5.10 Å². The summed E-state index contributed by atoms with van der Waals surface area (Å²) in [4.78, 5) is 10.9. The number of nitrogens with one attached hydrogen (secondary N) is 1. The summed E-state index contributed by atoms with van der Waals surface area (Å²) >= 11 is 0. The number of ether oxygens (including phenoxy) is 2. The van der Waals surface area contributed by atoms with Gasteiger partial charge in [-0.1, -0.05) is 30.3 Å². The Morgan fingerprint density at radius 2 is 1.81 bits per heavy atom. The molecule has 2 unspecified atom stereocenters. The van der Waals surface area contributed by atoms with E-state index >= 15 is 0 Å². The number of nitrogens with zero attached hydrogens (tertiary/aromatic N) is 2. The summed E-state index contributed by atoms with van der Waals surface area (Å²) in [6.07, 6.45) is -1.64. The molecule has 0 bridgehead atoms. The number of carbonyl (C=O) groups is 1. The lowest BCUT2D eigenvalue weighted by atomic mass is 9.97. The molecule has 1 aliphatic rings. The van der Waals surface area contributed by atoms with Gasteiger partial charge in [0.05, 0.1) is 26.0 Å². The Bertz CT molecular complexity index is 1060. The molecule has 4 rings (SSSR count). The number of methoxy groups -OCH3 is 2. The van der Waals surface area contributed by atoms with Crippen molar-refractivity contribution in [2.24, 2.45) is 0 Å². The molecule has 9 heteroatoms. The van der Waals surface area contributed by atoms with Crippen LogP contribution in [0.25, 0.3) is 11.3 Å². The zero-order chi connectivity index (χ0) is 21.3. The van der Waals surface area contributed by atoms with Crippen molar-refractivity contribution >= 4 is 24.5 Å². The molecule has 0 amide bonds. The number of rotatable bonds is 6. The van der Waals surface area contributed by atoms with E-state index in [0.717, 1.165) is 17.4 Å². The van der Waals surface area contributed by atoms with Crippen LogP contribution < -0.4 is 14.8 Å². The molecule has 2 heterocycles. The average Bonchev–Trinajstić information content (AvgIpc) is 3.22. The van der Waals surface area contributed by atoms with E-state index in [2.05, 4.69) is 10.4 Å². The lowest BCUT2D eigenvalue weighted by Gasteiger charge is -2.32. The fraction of sp³-hybridized carbons (Fsp3) is 0.273.